The molecular formula is C32H30F3N7O7S. The van der Waals surface area contributed by atoms with Gasteiger partial charge in [-0.2, -0.15) is 18.3 Å². The van der Waals surface area contributed by atoms with Crippen LogP contribution < -0.4 is 4.72 Å². The fourth-order valence-corrected chi connectivity index (χ4v) is 5.85. The summed E-state index contributed by atoms with van der Waals surface area (Å²) in [5.41, 5.74) is -0.369. The molecule has 5 rings (SSSR count). The highest BCUT2D eigenvalue weighted by Gasteiger charge is 2.37. The van der Waals surface area contributed by atoms with E-state index in [1.165, 1.54) is 45.0 Å². The van der Waals surface area contributed by atoms with Crippen molar-refractivity contribution in [3.8, 4) is 16.9 Å². The van der Waals surface area contributed by atoms with E-state index in [1.807, 2.05) is 11.6 Å². The summed E-state index contributed by atoms with van der Waals surface area (Å²) in [4.78, 5) is 43.1. The molecule has 262 valence electrons. The van der Waals surface area contributed by atoms with E-state index in [4.69, 9.17) is 4.84 Å². The quantitative estimate of drug-likeness (QED) is 0.105. The zero-order chi connectivity index (χ0) is 36.6. The van der Waals surface area contributed by atoms with E-state index in [2.05, 4.69) is 10.4 Å². The summed E-state index contributed by atoms with van der Waals surface area (Å²) >= 11 is 0. The molecule has 2 heterocycles. The number of hydrogen-bond donors (Lipinski definition) is 1. The Morgan fingerprint density at radius 2 is 1.56 bits per heavy atom. The van der Waals surface area contributed by atoms with Crippen LogP contribution in [-0.2, 0) is 25.8 Å². The normalized spacial score (nSPS) is 13.7. The first-order valence-corrected chi connectivity index (χ1v) is 16.3. The number of aryl methyl sites for hydroxylation is 1. The molecule has 18 heteroatoms. The molecule has 3 aromatic carbocycles. The van der Waals surface area contributed by atoms with E-state index in [0.29, 0.717) is 5.56 Å². The maximum absolute atomic E-state index is 13.6. The number of fused-ring (bicyclic) bond motifs is 1. The van der Waals surface area contributed by atoms with Crippen LogP contribution in [0.5, 0.6) is 0 Å². The van der Waals surface area contributed by atoms with Crippen molar-refractivity contribution in [2.24, 2.45) is 5.28 Å². The third kappa shape index (κ3) is 7.44. The number of nitrogens with zero attached hydrogens (tertiary/aromatic N) is 6. The first kappa shape index (κ1) is 35.5. The van der Waals surface area contributed by atoms with Crippen molar-refractivity contribution in [3.05, 3.63) is 106 Å². The molecule has 1 aliphatic rings. The van der Waals surface area contributed by atoms with Crippen molar-refractivity contribution in [2.75, 3.05) is 13.3 Å². The first-order chi connectivity index (χ1) is 23.4. The Hall–Kier alpha value is -5.78. The highest BCUT2D eigenvalue weighted by Crippen LogP contribution is 2.33. The number of aromatic nitrogens is 2. The van der Waals surface area contributed by atoms with Gasteiger partial charge in [-0.25, -0.2) is 22.7 Å². The number of amides is 3. The maximum atomic E-state index is 13.6. The smallest absolute Gasteiger partial charge is 0.435 e. The van der Waals surface area contributed by atoms with E-state index in [0.717, 1.165) is 38.4 Å². The second-order valence-electron chi connectivity index (χ2n) is 12.1. The summed E-state index contributed by atoms with van der Waals surface area (Å²) in [7, 11) is -4.53. The lowest BCUT2D eigenvalue weighted by molar-refractivity contribution is -0.723. The lowest BCUT2D eigenvalue weighted by atomic mass is 10.1. The van der Waals surface area contributed by atoms with Gasteiger partial charge >= 0.3 is 6.18 Å². The summed E-state index contributed by atoms with van der Waals surface area (Å²) in [6.07, 6.45) is -4.74. The van der Waals surface area contributed by atoms with Crippen LogP contribution in [0.3, 0.4) is 0 Å². The topological polar surface area (TPSA) is 169 Å². The van der Waals surface area contributed by atoms with Crippen molar-refractivity contribution in [2.45, 2.75) is 44.3 Å². The number of imide groups is 1. The Kier molecular flexibility index (Phi) is 9.42. The zero-order valence-electron chi connectivity index (χ0n) is 27.0. The van der Waals surface area contributed by atoms with Crippen molar-refractivity contribution in [1.29, 1.82) is 0 Å². The number of hydrazine groups is 1. The molecule has 0 atom stereocenters. The van der Waals surface area contributed by atoms with E-state index < -0.39 is 63.3 Å². The van der Waals surface area contributed by atoms with E-state index in [9.17, 15) is 41.2 Å². The van der Waals surface area contributed by atoms with Crippen LogP contribution in [0, 0.1) is 12.1 Å². The van der Waals surface area contributed by atoms with Gasteiger partial charge in [-0.3, -0.25) is 14.4 Å². The van der Waals surface area contributed by atoms with Crippen LogP contribution in [0.1, 0.15) is 52.7 Å². The van der Waals surface area contributed by atoms with Gasteiger partial charge in [-0.1, -0.05) is 42.0 Å². The Morgan fingerprint density at radius 1 is 0.980 bits per heavy atom. The summed E-state index contributed by atoms with van der Waals surface area (Å²) in [5.74, 6) is -2.43. The molecular weight excluding hydrogens is 683 g/mol. The summed E-state index contributed by atoms with van der Waals surface area (Å²) in [6, 6.07) is 18.3. The predicted molar refractivity (Wildman–Crippen MR) is 169 cm³/mol. The lowest BCUT2D eigenvalue weighted by Crippen LogP contribution is -2.51. The third-order valence-corrected chi connectivity index (χ3v) is 8.84. The molecule has 1 aliphatic heterocycles. The molecule has 0 aliphatic carbocycles. The monoisotopic (exact) mass is 713 g/mol. The fourth-order valence-electron chi connectivity index (χ4n) is 4.88. The second kappa shape index (κ2) is 13.3. The van der Waals surface area contributed by atoms with Crippen LogP contribution in [0.15, 0.2) is 89.0 Å². The van der Waals surface area contributed by atoms with Crippen molar-refractivity contribution in [3.63, 3.8) is 0 Å². The van der Waals surface area contributed by atoms with Gasteiger partial charge in [-0.15, -0.1) is 5.01 Å². The Balaban J connectivity index is 1.28. The van der Waals surface area contributed by atoms with Crippen LogP contribution in [0.2, 0.25) is 0 Å². The van der Waals surface area contributed by atoms with Gasteiger partial charge in [0.1, 0.15) is 0 Å². The number of hydrogen-bond acceptors (Lipinski definition) is 9. The van der Waals surface area contributed by atoms with E-state index >= 15 is 0 Å². The molecule has 1 N–H and O–H groups in total. The Labute approximate surface area is 283 Å². The molecule has 4 aromatic rings. The number of carbonyl (C=O) groups is 3. The molecule has 50 heavy (non-hydrogen) atoms. The zero-order valence-corrected chi connectivity index (χ0v) is 27.8. The van der Waals surface area contributed by atoms with E-state index in [1.54, 1.807) is 36.4 Å². The maximum Gasteiger partial charge on any atom is 0.435 e. The number of nitrogens with one attached hydrogen (secondary N) is 1. The fraction of sp³-hybridized carbons (Fsp3) is 0.250. The SMILES string of the molecule is Cc1ccc(-c2cc(C(F)(F)F)nn2-c2ccc(S(=O)(=O)NC(=O)CN(/[N+]([O-])=N/OCN3C(=O)c4ccccc4C3=O)C(C)(C)C)cc2)cc1. The number of halogens is 3. The predicted octanol–water partition coefficient (Wildman–Crippen LogP) is 4.83. The van der Waals surface area contributed by atoms with Gasteiger partial charge < -0.3 is 10.0 Å². The summed E-state index contributed by atoms with van der Waals surface area (Å²) in [5, 5.41) is 20.7. The number of carbonyl (C=O) groups excluding carboxylic acids is 3. The highest BCUT2D eigenvalue weighted by atomic mass is 32.2. The third-order valence-electron chi connectivity index (χ3n) is 7.45. The molecule has 0 bridgehead atoms. The minimum absolute atomic E-state index is 0.107. The summed E-state index contributed by atoms with van der Waals surface area (Å²) in [6.45, 7) is 4.89. The van der Waals surface area contributed by atoms with Gasteiger partial charge in [0.15, 0.2) is 12.2 Å². The highest BCUT2D eigenvalue weighted by molar-refractivity contribution is 7.90. The van der Waals surface area contributed by atoms with Gasteiger partial charge in [0.25, 0.3) is 27.7 Å². The van der Waals surface area contributed by atoms with Crippen molar-refractivity contribution < 1.29 is 45.8 Å². The van der Waals surface area contributed by atoms with Crippen LogP contribution in [0.25, 0.3) is 16.9 Å². The van der Waals surface area contributed by atoms with Crippen molar-refractivity contribution in [1.82, 2.24) is 24.4 Å². The van der Waals surface area contributed by atoms with Crippen molar-refractivity contribution >= 4 is 27.7 Å². The Morgan fingerprint density at radius 3 is 2.10 bits per heavy atom. The molecule has 0 saturated heterocycles. The number of benzene rings is 3. The molecule has 0 radical (unpaired) electrons. The molecule has 14 nitrogen and oxygen atoms in total. The van der Waals surface area contributed by atoms with Gasteiger partial charge in [0.05, 0.1) is 37.9 Å². The number of sulfonamides is 1. The van der Waals surface area contributed by atoms with Crippen LogP contribution in [-0.4, -0.2) is 69.6 Å². The number of rotatable bonds is 10. The molecule has 0 fully saturated rings. The minimum Gasteiger partial charge on any atom is -0.569 e. The minimum atomic E-state index is -4.74. The molecule has 0 unspecified atom stereocenters. The lowest BCUT2D eigenvalue weighted by Gasteiger charge is -2.29. The van der Waals surface area contributed by atoms with Crippen LogP contribution in [0.4, 0.5) is 13.2 Å². The standard InChI is InChI=1S/C32H30F3N7O7S/c1-20-9-11-21(12-10-20)26-17-27(32(33,34)35)36-41(26)22-13-15-23(16-14-22)50(47,48)37-28(43)18-40(31(2,3)4)42(46)38-49-19-39-29(44)24-7-5-6-8-25(24)30(39)45/h5-17H,18-19H2,1-4H3,(H,37,43)/b42-38-. The summed E-state index contributed by atoms with van der Waals surface area (Å²) < 4.78 is 69.8. The van der Waals surface area contributed by atoms with Crippen LogP contribution >= 0.6 is 0 Å². The average molecular weight is 714 g/mol. The van der Waals surface area contributed by atoms with Gasteiger partial charge in [0.2, 0.25) is 12.0 Å². The molecule has 3 amide bonds. The Bertz CT molecular complexity index is 2060. The van der Waals surface area contributed by atoms with Gasteiger partial charge in [-0.05, 0) is 70.2 Å². The molecule has 0 saturated carbocycles. The largest absolute Gasteiger partial charge is 0.569 e. The number of alkyl halides is 3. The van der Waals surface area contributed by atoms with Gasteiger partial charge in [0, 0.05) is 5.56 Å². The average Bonchev–Trinajstić information content (AvgIpc) is 3.60. The van der Waals surface area contributed by atoms with E-state index in [-0.39, 0.29) is 27.5 Å². The molecule has 1 aromatic heterocycles. The molecule has 0 spiro atoms. The second-order valence-corrected chi connectivity index (χ2v) is 13.8. The first-order valence-electron chi connectivity index (χ1n) is 14.8.